The molecule has 38 heavy (non-hydrogen) atoms. The van der Waals surface area contributed by atoms with Gasteiger partial charge in [0.25, 0.3) is 0 Å². The van der Waals surface area contributed by atoms with Crippen molar-refractivity contribution in [1.29, 1.82) is 0 Å². The van der Waals surface area contributed by atoms with E-state index in [1.54, 1.807) is 0 Å². The highest BCUT2D eigenvalue weighted by molar-refractivity contribution is 6.15. The zero-order chi connectivity index (χ0) is 25.1. The van der Waals surface area contributed by atoms with Gasteiger partial charge in [-0.2, -0.15) is 0 Å². The zero-order valence-corrected chi connectivity index (χ0v) is 20.2. The number of hydrogen-bond donors (Lipinski definition) is 0. The summed E-state index contributed by atoms with van der Waals surface area (Å²) in [5.41, 5.74) is 7.34. The SMILES string of the molecule is C1=NC(c2ccc(-n3c4ccncc4c4cnccc43)cn2)CC=C1n1c2ccncc2c2cnccc21. The van der Waals surface area contributed by atoms with Crippen LogP contribution in [0.1, 0.15) is 18.2 Å². The van der Waals surface area contributed by atoms with Crippen molar-refractivity contribution < 1.29 is 0 Å². The Hall–Kier alpha value is -5.24. The average molecular weight is 493 g/mol. The number of pyridine rings is 5. The number of fused-ring (bicyclic) bond motifs is 6. The Morgan fingerprint density at radius 2 is 1.11 bits per heavy atom. The van der Waals surface area contributed by atoms with Crippen LogP contribution in [0.5, 0.6) is 0 Å². The predicted octanol–water partition coefficient (Wildman–Crippen LogP) is 5.92. The molecule has 0 amide bonds. The number of aromatic nitrogens is 7. The number of rotatable bonds is 3. The highest BCUT2D eigenvalue weighted by Crippen LogP contribution is 2.34. The van der Waals surface area contributed by atoms with Crippen LogP contribution in [0.4, 0.5) is 0 Å². The van der Waals surface area contributed by atoms with Gasteiger partial charge in [0.1, 0.15) is 0 Å². The monoisotopic (exact) mass is 492 g/mol. The number of aliphatic imine (C=N–C) groups is 1. The van der Waals surface area contributed by atoms with Crippen LogP contribution in [0.3, 0.4) is 0 Å². The summed E-state index contributed by atoms with van der Waals surface area (Å²) in [5.74, 6) is 0. The van der Waals surface area contributed by atoms with E-state index in [-0.39, 0.29) is 6.04 Å². The Labute approximate surface area is 216 Å². The lowest BCUT2D eigenvalue weighted by molar-refractivity contribution is 0.712. The molecule has 180 valence electrons. The molecule has 0 bridgehead atoms. The first kappa shape index (κ1) is 20.9. The third kappa shape index (κ3) is 3.03. The van der Waals surface area contributed by atoms with Gasteiger partial charge in [0.2, 0.25) is 0 Å². The fraction of sp³-hybridized carbons (Fsp3) is 0.0667. The normalized spacial score (nSPS) is 15.6. The van der Waals surface area contributed by atoms with Crippen molar-refractivity contribution >= 4 is 55.5 Å². The van der Waals surface area contributed by atoms with E-state index in [1.165, 1.54) is 0 Å². The van der Waals surface area contributed by atoms with Crippen molar-refractivity contribution in [2.75, 3.05) is 0 Å². The molecule has 7 aromatic heterocycles. The number of nitrogens with zero attached hydrogens (tertiary/aromatic N) is 8. The van der Waals surface area contributed by atoms with Gasteiger partial charge in [0.15, 0.2) is 0 Å². The minimum Gasteiger partial charge on any atom is -0.308 e. The summed E-state index contributed by atoms with van der Waals surface area (Å²) in [7, 11) is 0. The third-order valence-electron chi connectivity index (χ3n) is 7.30. The van der Waals surface area contributed by atoms with Crippen LogP contribution in [0.15, 0.2) is 103 Å². The number of allylic oxidation sites excluding steroid dienone is 1. The van der Waals surface area contributed by atoms with Crippen molar-refractivity contribution in [1.82, 2.24) is 34.1 Å². The minimum absolute atomic E-state index is 0.0317. The number of hydrogen-bond acceptors (Lipinski definition) is 6. The molecule has 0 saturated carbocycles. The van der Waals surface area contributed by atoms with Crippen LogP contribution in [-0.4, -0.2) is 40.3 Å². The van der Waals surface area contributed by atoms with E-state index in [2.05, 4.69) is 47.3 Å². The van der Waals surface area contributed by atoms with Crippen LogP contribution >= 0.6 is 0 Å². The standard InChI is InChI=1S/C30H20N8/c1-3-25(35-13-19(1)37-27-5-9-31-15-21(27)22-16-32-10-6-28(22)37)26-4-2-20(14-36-26)38-29-7-11-33-17-23(29)24-18-34-12-8-30(24)38/h1-3,5-18,26H,4H2. The van der Waals surface area contributed by atoms with Gasteiger partial charge in [-0.3, -0.25) is 29.9 Å². The van der Waals surface area contributed by atoms with Crippen LogP contribution in [-0.2, 0) is 0 Å². The van der Waals surface area contributed by atoms with Crippen LogP contribution in [0.25, 0.3) is 55.0 Å². The van der Waals surface area contributed by atoms with Gasteiger partial charge in [0.05, 0.1) is 51.4 Å². The van der Waals surface area contributed by atoms with E-state index in [0.717, 1.165) is 67.1 Å². The molecule has 0 radical (unpaired) electrons. The molecule has 8 rings (SSSR count). The highest BCUT2D eigenvalue weighted by atomic mass is 15.0. The largest absolute Gasteiger partial charge is 0.308 e. The Kier molecular flexibility index (Phi) is 4.48. The highest BCUT2D eigenvalue weighted by Gasteiger charge is 2.19. The predicted molar refractivity (Wildman–Crippen MR) is 149 cm³/mol. The van der Waals surface area contributed by atoms with E-state index in [4.69, 9.17) is 9.98 Å². The molecule has 0 aliphatic carbocycles. The molecule has 8 heterocycles. The molecule has 0 fully saturated rings. The Morgan fingerprint density at radius 3 is 1.55 bits per heavy atom. The molecule has 0 spiro atoms. The van der Waals surface area contributed by atoms with Gasteiger partial charge >= 0.3 is 0 Å². The third-order valence-corrected chi connectivity index (χ3v) is 7.30. The second kappa shape index (κ2) is 8.14. The second-order valence-corrected chi connectivity index (χ2v) is 9.34. The first-order valence-corrected chi connectivity index (χ1v) is 12.4. The smallest absolute Gasteiger partial charge is 0.0955 e. The number of dihydropyridines is 1. The fourth-order valence-corrected chi connectivity index (χ4v) is 5.56. The van der Waals surface area contributed by atoms with Gasteiger partial charge in [-0.25, -0.2) is 0 Å². The summed E-state index contributed by atoms with van der Waals surface area (Å²) in [6.07, 6.45) is 21.7. The van der Waals surface area contributed by atoms with E-state index in [0.29, 0.717) is 0 Å². The summed E-state index contributed by atoms with van der Waals surface area (Å²) in [6.45, 7) is 0. The summed E-state index contributed by atoms with van der Waals surface area (Å²) >= 11 is 0. The lowest BCUT2D eigenvalue weighted by Gasteiger charge is -2.18. The maximum absolute atomic E-state index is 4.91. The van der Waals surface area contributed by atoms with Gasteiger partial charge < -0.3 is 9.13 Å². The van der Waals surface area contributed by atoms with Crippen molar-refractivity contribution in [3.63, 3.8) is 0 Å². The van der Waals surface area contributed by atoms with E-state index in [9.17, 15) is 0 Å². The van der Waals surface area contributed by atoms with Crippen molar-refractivity contribution in [2.24, 2.45) is 4.99 Å². The fourth-order valence-electron chi connectivity index (χ4n) is 5.56. The van der Waals surface area contributed by atoms with Gasteiger partial charge in [-0.05, 0) is 42.8 Å². The van der Waals surface area contributed by atoms with Crippen molar-refractivity contribution in [3.05, 3.63) is 104 Å². The van der Waals surface area contributed by atoms with Crippen LogP contribution < -0.4 is 0 Å². The molecule has 1 atom stereocenters. The molecular weight excluding hydrogens is 472 g/mol. The van der Waals surface area contributed by atoms with Gasteiger partial charge in [-0.15, -0.1) is 0 Å². The topological polar surface area (TPSA) is 86.7 Å². The van der Waals surface area contributed by atoms with Crippen molar-refractivity contribution in [2.45, 2.75) is 12.5 Å². The Bertz CT molecular complexity index is 1960. The minimum atomic E-state index is -0.0317. The molecule has 1 aliphatic rings. The maximum Gasteiger partial charge on any atom is 0.0955 e. The molecule has 1 unspecified atom stereocenters. The van der Waals surface area contributed by atoms with Gasteiger partial charge in [-0.1, -0.05) is 6.08 Å². The molecule has 7 aromatic rings. The molecule has 0 N–H and O–H groups in total. The molecule has 1 aliphatic heterocycles. The first-order chi connectivity index (χ1) is 18.9. The zero-order valence-electron chi connectivity index (χ0n) is 20.2. The summed E-state index contributed by atoms with van der Waals surface area (Å²) in [4.78, 5) is 27.0. The van der Waals surface area contributed by atoms with E-state index >= 15 is 0 Å². The molecule has 8 nitrogen and oxygen atoms in total. The molecular formula is C30H20N8. The first-order valence-electron chi connectivity index (χ1n) is 12.4. The summed E-state index contributed by atoms with van der Waals surface area (Å²) < 4.78 is 4.44. The molecule has 0 aromatic carbocycles. The average Bonchev–Trinajstić information content (AvgIpc) is 3.51. The summed E-state index contributed by atoms with van der Waals surface area (Å²) in [6, 6.07) is 12.3. The van der Waals surface area contributed by atoms with E-state index in [1.807, 2.05) is 86.3 Å². The van der Waals surface area contributed by atoms with Crippen molar-refractivity contribution in [3.8, 4) is 5.69 Å². The second-order valence-electron chi connectivity index (χ2n) is 9.34. The Morgan fingerprint density at radius 1 is 0.579 bits per heavy atom. The van der Waals surface area contributed by atoms with E-state index < -0.39 is 0 Å². The summed E-state index contributed by atoms with van der Waals surface area (Å²) in [5, 5.41) is 4.32. The van der Waals surface area contributed by atoms with Gasteiger partial charge in [0, 0.05) is 77.3 Å². The molecule has 8 heteroatoms. The quantitative estimate of drug-likeness (QED) is 0.305. The molecule has 0 saturated heterocycles. The lowest BCUT2D eigenvalue weighted by atomic mass is 10.1. The lowest BCUT2D eigenvalue weighted by Crippen LogP contribution is -2.07. The maximum atomic E-state index is 4.91. The Balaban J connectivity index is 1.14. The van der Waals surface area contributed by atoms with Crippen LogP contribution in [0, 0.1) is 0 Å². The van der Waals surface area contributed by atoms with Crippen LogP contribution in [0.2, 0.25) is 0 Å².